The van der Waals surface area contributed by atoms with Crippen molar-refractivity contribution in [1.82, 2.24) is 0 Å². The van der Waals surface area contributed by atoms with Crippen LogP contribution >= 0.6 is 23.2 Å². The Morgan fingerprint density at radius 1 is 1.19 bits per heavy atom. The van der Waals surface area contributed by atoms with Gasteiger partial charge in [0.25, 0.3) is 0 Å². The molecule has 0 spiro atoms. The van der Waals surface area contributed by atoms with Gasteiger partial charge in [0, 0.05) is 0 Å². The van der Waals surface area contributed by atoms with Crippen LogP contribution in [0, 0.1) is 0 Å². The van der Waals surface area contributed by atoms with E-state index < -0.39 is 17.7 Å². The predicted molar refractivity (Wildman–Crippen MR) is 80.7 cm³/mol. The molecule has 0 saturated heterocycles. The highest BCUT2D eigenvalue weighted by molar-refractivity contribution is 6.39. The van der Waals surface area contributed by atoms with Crippen molar-refractivity contribution in [2.45, 2.75) is 26.4 Å². The van der Waals surface area contributed by atoms with Gasteiger partial charge in [-0.15, -0.1) is 0 Å². The van der Waals surface area contributed by atoms with Crippen LogP contribution in [0.25, 0.3) is 0 Å². The maximum atomic E-state index is 11.9. The van der Waals surface area contributed by atoms with Crippen LogP contribution in [0.2, 0.25) is 10.0 Å². The number of ether oxygens (including phenoxy) is 2. The Labute approximate surface area is 132 Å². The standard InChI is InChI=1S/C13H16Cl2N2O4/c1-13(2,3)21-12(19)17(16)7-5-8(14)10(9(15)6-7)11(18)20-4/h5-6H,16H2,1-4H3. The molecular weight excluding hydrogens is 319 g/mol. The molecule has 1 amide bonds. The van der Waals surface area contributed by atoms with Crippen LogP contribution < -0.4 is 10.9 Å². The van der Waals surface area contributed by atoms with Crippen molar-refractivity contribution in [3.8, 4) is 0 Å². The number of carbonyl (C=O) groups is 2. The van der Waals surface area contributed by atoms with Crippen LogP contribution in [0.5, 0.6) is 0 Å². The van der Waals surface area contributed by atoms with Crippen LogP contribution in [-0.2, 0) is 9.47 Å². The van der Waals surface area contributed by atoms with E-state index in [0.29, 0.717) is 0 Å². The van der Waals surface area contributed by atoms with Crippen LogP contribution in [-0.4, -0.2) is 24.8 Å². The summed E-state index contributed by atoms with van der Waals surface area (Å²) in [6.45, 7) is 5.12. The van der Waals surface area contributed by atoms with E-state index in [0.717, 1.165) is 5.01 Å². The van der Waals surface area contributed by atoms with Crippen molar-refractivity contribution >= 4 is 41.0 Å². The summed E-state index contributed by atoms with van der Waals surface area (Å²) < 4.78 is 9.68. The number of halogens is 2. The lowest BCUT2D eigenvalue weighted by Gasteiger charge is -2.24. The van der Waals surface area contributed by atoms with E-state index in [4.69, 9.17) is 33.8 Å². The normalized spacial score (nSPS) is 11.0. The molecule has 0 aliphatic carbocycles. The third-order valence-electron chi connectivity index (χ3n) is 2.28. The Kier molecular flexibility index (Phi) is 5.44. The maximum Gasteiger partial charge on any atom is 0.429 e. The summed E-state index contributed by atoms with van der Waals surface area (Å²) in [5.41, 5.74) is -0.511. The number of amides is 1. The number of anilines is 1. The lowest BCUT2D eigenvalue weighted by molar-refractivity contribution is 0.0577. The van der Waals surface area contributed by atoms with Gasteiger partial charge in [0.05, 0.1) is 28.4 Å². The first-order valence-electron chi connectivity index (χ1n) is 5.92. The summed E-state index contributed by atoms with van der Waals surface area (Å²) in [7, 11) is 1.21. The first-order chi connectivity index (χ1) is 9.56. The molecule has 0 fully saturated rings. The fourth-order valence-electron chi connectivity index (χ4n) is 1.41. The molecule has 0 bridgehead atoms. The number of nitrogens with two attached hydrogens (primary N) is 1. The lowest BCUT2D eigenvalue weighted by Crippen LogP contribution is -2.41. The number of nitrogens with zero attached hydrogens (tertiary/aromatic N) is 1. The monoisotopic (exact) mass is 334 g/mol. The quantitative estimate of drug-likeness (QED) is 0.388. The molecule has 0 unspecified atom stereocenters. The van der Waals surface area contributed by atoms with Gasteiger partial charge in [-0.05, 0) is 32.9 Å². The molecule has 0 aliphatic rings. The molecular formula is C13H16Cl2N2O4. The second-order valence-corrected chi connectivity index (χ2v) is 5.94. The van der Waals surface area contributed by atoms with Crippen LogP contribution in [0.4, 0.5) is 10.5 Å². The van der Waals surface area contributed by atoms with Crippen LogP contribution in [0.3, 0.4) is 0 Å². The summed E-state index contributed by atoms with van der Waals surface area (Å²) in [5, 5.41) is 0.788. The van der Waals surface area contributed by atoms with E-state index in [1.807, 2.05) is 0 Å². The van der Waals surface area contributed by atoms with Gasteiger partial charge in [-0.2, -0.15) is 0 Å². The van der Waals surface area contributed by atoms with Crippen molar-refractivity contribution in [2.75, 3.05) is 12.1 Å². The first kappa shape index (κ1) is 17.6. The summed E-state index contributed by atoms with van der Waals surface area (Å²) >= 11 is 11.9. The molecule has 8 heteroatoms. The van der Waals surface area contributed by atoms with Gasteiger partial charge < -0.3 is 9.47 Å². The zero-order chi connectivity index (χ0) is 16.4. The zero-order valence-corrected chi connectivity index (χ0v) is 13.6. The maximum absolute atomic E-state index is 11.9. The average molecular weight is 335 g/mol. The van der Waals surface area contributed by atoms with E-state index in [1.165, 1.54) is 19.2 Å². The van der Waals surface area contributed by atoms with Gasteiger partial charge in [0.1, 0.15) is 5.60 Å². The highest BCUT2D eigenvalue weighted by Gasteiger charge is 2.24. The number of hydrazine groups is 1. The molecule has 0 aliphatic heterocycles. The Morgan fingerprint density at radius 3 is 2.05 bits per heavy atom. The summed E-state index contributed by atoms with van der Waals surface area (Å²) in [6, 6.07) is 2.65. The van der Waals surface area contributed by atoms with Gasteiger partial charge in [-0.1, -0.05) is 23.2 Å². The van der Waals surface area contributed by atoms with Gasteiger partial charge in [-0.3, -0.25) is 0 Å². The topological polar surface area (TPSA) is 81.9 Å². The largest absolute Gasteiger partial charge is 0.465 e. The molecule has 1 aromatic rings. The van der Waals surface area contributed by atoms with Crippen molar-refractivity contribution in [3.63, 3.8) is 0 Å². The minimum absolute atomic E-state index is 0.00201. The smallest absolute Gasteiger partial charge is 0.429 e. The number of esters is 1. The molecule has 0 atom stereocenters. The second kappa shape index (κ2) is 6.51. The van der Waals surface area contributed by atoms with E-state index in [2.05, 4.69) is 4.74 Å². The zero-order valence-electron chi connectivity index (χ0n) is 12.1. The third kappa shape index (κ3) is 4.49. The Bertz CT molecular complexity index is 547. The molecule has 0 aromatic heterocycles. The van der Waals surface area contributed by atoms with E-state index in [-0.39, 0.29) is 21.3 Å². The van der Waals surface area contributed by atoms with Crippen LogP contribution in [0.1, 0.15) is 31.1 Å². The van der Waals surface area contributed by atoms with Crippen LogP contribution in [0.15, 0.2) is 12.1 Å². The summed E-state index contributed by atoms with van der Waals surface area (Å²) in [4.78, 5) is 23.4. The van der Waals surface area contributed by atoms with E-state index in [9.17, 15) is 9.59 Å². The molecule has 116 valence electrons. The molecule has 0 heterocycles. The number of hydrogen-bond acceptors (Lipinski definition) is 5. The molecule has 1 rings (SSSR count). The van der Waals surface area contributed by atoms with Gasteiger partial charge >= 0.3 is 12.1 Å². The summed E-state index contributed by atoms with van der Waals surface area (Å²) in [6.07, 6.45) is -0.777. The molecule has 2 N–H and O–H groups in total. The number of hydrogen-bond donors (Lipinski definition) is 1. The van der Waals surface area contributed by atoms with Gasteiger partial charge in [-0.25, -0.2) is 20.4 Å². The SMILES string of the molecule is COC(=O)c1c(Cl)cc(N(N)C(=O)OC(C)(C)C)cc1Cl. The predicted octanol–water partition coefficient (Wildman–Crippen LogP) is 3.40. The van der Waals surface area contributed by atoms with E-state index >= 15 is 0 Å². The number of rotatable bonds is 2. The van der Waals surface area contributed by atoms with E-state index in [1.54, 1.807) is 20.8 Å². The highest BCUT2D eigenvalue weighted by Crippen LogP contribution is 2.31. The first-order valence-corrected chi connectivity index (χ1v) is 6.67. The van der Waals surface area contributed by atoms with Crippen molar-refractivity contribution in [3.05, 3.63) is 27.7 Å². The lowest BCUT2D eigenvalue weighted by atomic mass is 10.2. The van der Waals surface area contributed by atoms with Gasteiger partial charge in [0.2, 0.25) is 0 Å². The minimum atomic E-state index is -0.777. The molecule has 0 radical (unpaired) electrons. The molecule has 0 saturated carbocycles. The van der Waals surface area contributed by atoms with Crippen molar-refractivity contribution in [2.24, 2.45) is 5.84 Å². The Hall–Kier alpha value is -1.50. The highest BCUT2D eigenvalue weighted by atomic mass is 35.5. The summed E-state index contributed by atoms with van der Waals surface area (Å²) in [5.74, 6) is 4.98. The van der Waals surface area contributed by atoms with Crippen molar-refractivity contribution in [1.29, 1.82) is 0 Å². The fourth-order valence-corrected chi connectivity index (χ4v) is 2.04. The number of carbonyl (C=O) groups excluding carboxylic acids is 2. The Balaban J connectivity index is 3.11. The van der Waals surface area contributed by atoms with Gasteiger partial charge in [0.15, 0.2) is 0 Å². The number of methoxy groups -OCH3 is 1. The fraction of sp³-hybridized carbons (Fsp3) is 0.385. The molecule has 6 nitrogen and oxygen atoms in total. The molecule has 21 heavy (non-hydrogen) atoms. The average Bonchev–Trinajstić information content (AvgIpc) is 2.34. The minimum Gasteiger partial charge on any atom is -0.465 e. The van der Waals surface area contributed by atoms with Crippen molar-refractivity contribution < 1.29 is 19.1 Å². The number of benzene rings is 1. The molecule has 1 aromatic carbocycles. The Morgan fingerprint density at radius 2 is 1.67 bits per heavy atom. The second-order valence-electron chi connectivity index (χ2n) is 5.13. The third-order valence-corrected chi connectivity index (χ3v) is 2.88.